The average molecular weight is 363 g/mol. The summed E-state index contributed by atoms with van der Waals surface area (Å²) in [4.78, 5) is 26.1. The molecule has 1 aromatic carbocycles. The zero-order chi connectivity index (χ0) is 17.7. The molecule has 0 aliphatic rings. The standard InChI is InChI=1S/C15H8Cl2N4O3/c16-12-6-11(21(23)24)7-13(17)14(12)20-15(22)10(8-18)5-9-1-3-19-4-2-9/h1-7H,(H,20,22)/b10-5+. The summed E-state index contributed by atoms with van der Waals surface area (Å²) in [5.74, 6) is -0.744. The maximum atomic E-state index is 12.2. The van der Waals surface area contributed by atoms with Crippen molar-refractivity contribution < 1.29 is 9.72 Å². The predicted octanol–water partition coefficient (Wildman–Crippen LogP) is 3.84. The van der Waals surface area contributed by atoms with E-state index in [1.807, 2.05) is 0 Å². The van der Waals surface area contributed by atoms with Gasteiger partial charge < -0.3 is 5.32 Å². The van der Waals surface area contributed by atoms with Gasteiger partial charge in [-0.25, -0.2) is 0 Å². The molecule has 1 amide bonds. The topological polar surface area (TPSA) is 109 Å². The molecule has 0 radical (unpaired) electrons. The third kappa shape index (κ3) is 4.07. The van der Waals surface area contributed by atoms with Crippen LogP contribution in [0.2, 0.25) is 10.0 Å². The van der Waals surface area contributed by atoms with E-state index in [-0.39, 0.29) is 27.0 Å². The molecule has 2 aromatic rings. The number of amides is 1. The highest BCUT2D eigenvalue weighted by Gasteiger charge is 2.18. The predicted molar refractivity (Wildman–Crippen MR) is 89.6 cm³/mol. The van der Waals surface area contributed by atoms with Crippen molar-refractivity contribution in [3.05, 3.63) is 68.0 Å². The number of nitrogens with one attached hydrogen (secondary N) is 1. The molecule has 0 unspecified atom stereocenters. The van der Waals surface area contributed by atoms with Gasteiger partial charge in [0.25, 0.3) is 11.6 Å². The molecule has 0 atom stereocenters. The molecule has 0 aliphatic carbocycles. The fraction of sp³-hybridized carbons (Fsp3) is 0. The summed E-state index contributed by atoms with van der Waals surface area (Å²) < 4.78 is 0. The molecule has 9 heteroatoms. The zero-order valence-corrected chi connectivity index (χ0v) is 13.4. The van der Waals surface area contributed by atoms with E-state index in [0.717, 1.165) is 12.1 Å². The second-order valence-corrected chi connectivity index (χ2v) is 5.26. The van der Waals surface area contributed by atoms with E-state index < -0.39 is 10.8 Å². The van der Waals surface area contributed by atoms with E-state index >= 15 is 0 Å². The fourth-order valence-corrected chi connectivity index (χ4v) is 2.31. The Hall–Kier alpha value is -2.95. The Kier molecular flexibility index (Phi) is 5.47. The number of halogens is 2. The first-order valence-electron chi connectivity index (χ1n) is 6.39. The number of carbonyl (C=O) groups excluding carboxylic acids is 1. The molecular weight excluding hydrogens is 355 g/mol. The van der Waals surface area contributed by atoms with E-state index in [1.54, 1.807) is 18.2 Å². The third-order valence-electron chi connectivity index (χ3n) is 2.86. The molecule has 1 heterocycles. The summed E-state index contributed by atoms with van der Waals surface area (Å²) >= 11 is 11.8. The van der Waals surface area contributed by atoms with Crippen LogP contribution >= 0.6 is 23.2 Å². The Bertz CT molecular complexity index is 853. The quantitative estimate of drug-likeness (QED) is 0.384. The second-order valence-electron chi connectivity index (χ2n) is 4.45. The first-order chi connectivity index (χ1) is 11.4. The number of nitro benzene ring substituents is 1. The van der Waals surface area contributed by atoms with E-state index in [2.05, 4.69) is 10.3 Å². The number of anilines is 1. The van der Waals surface area contributed by atoms with Gasteiger partial charge in [0, 0.05) is 24.5 Å². The minimum Gasteiger partial charge on any atom is -0.319 e. The van der Waals surface area contributed by atoms with Gasteiger partial charge in [0.15, 0.2) is 0 Å². The van der Waals surface area contributed by atoms with Gasteiger partial charge in [-0.2, -0.15) is 5.26 Å². The molecule has 0 fully saturated rings. The molecule has 1 N–H and O–H groups in total. The summed E-state index contributed by atoms with van der Waals surface area (Å²) in [6.07, 6.45) is 4.40. The molecule has 0 spiro atoms. The van der Waals surface area contributed by atoms with Crippen molar-refractivity contribution in [1.82, 2.24) is 4.98 Å². The molecule has 2 rings (SSSR count). The minimum atomic E-state index is -0.744. The SMILES string of the molecule is N#C/C(=C\c1ccncc1)C(=O)Nc1c(Cl)cc([N+](=O)[O-])cc1Cl. The van der Waals surface area contributed by atoms with Gasteiger partial charge >= 0.3 is 0 Å². The van der Waals surface area contributed by atoms with Gasteiger partial charge in [-0.15, -0.1) is 0 Å². The number of benzene rings is 1. The lowest BCUT2D eigenvalue weighted by atomic mass is 10.1. The molecule has 24 heavy (non-hydrogen) atoms. The van der Waals surface area contributed by atoms with Crippen molar-refractivity contribution in [1.29, 1.82) is 5.26 Å². The molecule has 0 bridgehead atoms. The highest BCUT2D eigenvalue weighted by Crippen LogP contribution is 2.34. The van der Waals surface area contributed by atoms with E-state index in [9.17, 15) is 14.9 Å². The van der Waals surface area contributed by atoms with E-state index in [4.69, 9.17) is 28.5 Å². The summed E-state index contributed by atoms with van der Waals surface area (Å²) in [6, 6.07) is 7.13. The van der Waals surface area contributed by atoms with Crippen LogP contribution in [0.15, 0.2) is 42.2 Å². The summed E-state index contributed by atoms with van der Waals surface area (Å²) in [7, 11) is 0. The number of hydrogen-bond acceptors (Lipinski definition) is 5. The molecule has 120 valence electrons. The summed E-state index contributed by atoms with van der Waals surface area (Å²) in [5.41, 5.74) is 0.102. The number of nitrogens with zero attached hydrogens (tertiary/aromatic N) is 3. The summed E-state index contributed by atoms with van der Waals surface area (Å²) in [6.45, 7) is 0. The van der Waals surface area contributed by atoms with Gasteiger partial charge in [0.1, 0.15) is 11.6 Å². The van der Waals surface area contributed by atoms with Crippen LogP contribution < -0.4 is 5.32 Å². The lowest BCUT2D eigenvalue weighted by molar-refractivity contribution is -0.384. The molecule has 7 nitrogen and oxygen atoms in total. The molecule has 0 aliphatic heterocycles. The molecule has 0 saturated heterocycles. The van der Waals surface area contributed by atoms with Gasteiger partial charge in [0.2, 0.25) is 0 Å². The Morgan fingerprint density at radius 3 is 2.38 bits per heavy atom. The van der Waals surface area contributed by atoms with Crippen LogP contribution in [-0.2, 0) is 4.79 Å². The van der Waals surface area contributed by atoms with E-state index in [0.29, 0.717) is 5.56 Å². The largest absolute Gasteiger partial charge is 0.319 e. The average Bonchev–Trinajstić information content (AvgIpc) is 2.56. The van der Waals surface area contributed by atoms with Crippen molar-refractivity contribution in [2.75, 3.05) is 5.32 Å². The van der Waals surface area contributed by atoms with Crippen LogP contribution in [0, 0.1) is 21.4 Å². The smallest absolute Gasteiger partial charge is 0.272 e. The van der Waals surface area contributed by atoms with Crippen molar-refractivity contribution in [3.8, 4) is 6.07 Å². The highest BCUT2D eigenvalue weighted by atomic mass is 35.5. The van der Waals surface area contributed by atoms with Crippen LogP contribution in [0.4, 0.5) is 11.4 Å². The van der Waals surface area contributed by atoms with Crippen molar-refractivity contribution in [2.24, 2.45) is 0 Å². The third-order valence-corrected chi connectivity index (χ3v) is 3.45. The van der Waals surface area contributed by atoms with Crippen LogP contribution in [0.1, 0.15) is 5.56 Å². The van der Waals surface area contributed by atoms with Crippen molar-refractivity contribution >= 4 is 46.6 Å². The number of nitriles is 1. The summed E-state index contributed by atoms with van der Waals surface area (Å²) in [5, 5.41) is 22.1. The number of hydrogen-bond donors (Lipinski definition) is 1. The number of non-ortho nitro benzene ring substituents is 1. The zero-order valence-electron chi connectivity index (χ0n) is 11.9. The van der Waals surface area contributed by atoms with Crippen molar-refractivity contribution in [3.63, 3.8) is 0 Å². The normalized spacial score (nSPS) is 10.8. The minimum absolute atomic E-state index is 0.00943. The lowest BCUT2D eigenvalue weighted by Crippen LogP contribution is -2.14. The van der Waals surface area contributed by atoms with Gasteiger partial charge in [0.05, 0.1) is 20.7 Å². The Labute approximate surface area is 146 Å². The Morgan fingerprint density at radius 1 is 1.29 bits per heavy atom. The number of pyridine rings is 1. The fourth-order valence-electron chi connectivity index (χ4n) is 1.74. The maximum Gasteiger partial charge on any atom is 0.272 e. The molecule has 1 aromatic heterocycles. The monoisotopic (exact) mass is 362 g/mol. The Balaban J connectivity index is 2.31. The molecular formula is C15H8Cl2N4O3. The number of aromatic nitrogens is 1. The second kappa shape index (κ2) is 7.55. The van der Waals surface area contributed by atoms with Gasteiger partial charge in [-0.05, 0) is 23.8 Å². The van der Waals surface area contributed by atoms with Gasteiger partial charge in [-0.3, -0.25) is 19.9 Å². The van der Waals surface area contributed by atoms with Crippen molar-refractivity contribution in [2.45, 2.75) is 0 Å². The Morgan fingerprint density at radius 2 is 1.88 bits per heavy atom. The van der Waals surface area contributed by atoms with E-state index in [1.165, 1.54) is 18.5 Å². The maximum absolute atomic E-state index is 12.2. The number of carbonyl (C=O) groups is 1. The number of nitro groups is 1. The van der Waals surface area contributed by atoms with Gasteiger partial charge in [-0.1, -0.05) is 23.2 Å². The first kappa shape index (κ1) is 17.4. The van der Waals surface area contributed by atoms with Crippen LogP contribution in [0.5, 0.6) is 0 Å². The first-order valence-corrected chi connectivity index (χ1v) is 7.14. The highest BCUT2D eigenvalue weighted by molar-refractivity contribution is 6.40. The van der Waals surface area contributed by atoms with Crippen LogP contribution in [-0.4, -0.2) is 15.8 Å². The van der Waals surface area contributed by atoms with Crippen LogP contribution in [0.3, 0.4) is 0 Å². The lowest BCUT2D eigenvalue weighted by Gasteiger charge is -2.08. The molecule has 0 saturated carbocycles. The number of rotatable bonds is 4. The van der Waals surface area contributed by atoms with Crippen LogP contribution in [0.25, 0.3) is 6.08 Å².